The van der Waals surface area contributed by atoms with Crippen LogP contribution in [-0.2, 0) is 32.6 Å². The molecule has 1 saturated heterocycles. The summed E-state index contributed by atoms with van der Waals surface area (Å²) >= 11 is 1.36. The van der Waals surface area contributed by atoms with E-state index in [0.717, 1.165) is 42.2 Å². The molecule has 5 rings (SSSR count). The number of sulfonamides is 1. The molecular formula is C36H49N7O6S2. The molecule has 1 aromatic heterocycles. The Bertz CT molecular complexity index is 1720. The van der Waals surface area contributed by atoms with E-state index in [4.69, 9.17) is 4.74 Å². The van der Waals surface area contributed by atoms with Crippen LogP contribution < -0.4 is 10.6 Å². The molecule has 2 unspecified atom stereocenters. The highest BCUT2D eigenvalue weighted by Gasteiger charge is 2.35. The molecule has 3 aliphatic rings. The van der Waals surface area contributed by atoms with Crippen molar-refractivity contribution in [2.45, 2.75) is 58.3 Å². The lowest BCUT2D eigenvalue weighted by molar-refractivity contribution is -0.121. The minimum atomic E-state index is -4.06. The number of alkyl carbamates (subject to hydrolysis) is 1. The lowest BCUT2D eigenvalue weighted by atomic mass is 10.0. The van der Waals surface area contributed by atoms with Gasteiger partial charge in [0.05, 0.1) is 39.7 Å². The number of thiazole rings is 1. The van der Waals surface area contributed by atoms with Crippen LogP contribution in [0.15, 0.2) is 81.6 Å². The summed E-state index contributed by atoms with van der Waals surface area (Å²) in [4.78, 5) is 39.5. The number of nitrogens with one attached hydrogen (secondary N) is 2. The number of likely N-dealkylation sites (tertiary alicyclic amines) is 1. The molecule has 0 bridgehead atoms. The van der Waals surface area contributed by atoms with Crippen molar-refractivity contribution >= 4 is 39.1 Å². The van der Waals surface area contributed by atoms with Crippen molar-refractivity contribution < 1.29 is 27.9 Å². The molecule has 0 radical (unpaired) electrons. The van der Waals surface area contributed by atoms with Gasteiger partial charge in [-0.2, -0.15) is 4.31 Å². The number of aliphatic hydroxyl groups excluding tert-OH is 1. The van der Waals surface area contributed by atoms with Gasteiger partial charge in [-0.05, 0) is 63.0 Å². The van der Waals surface area contributed by atoms with Gasteiger partial charge in [0.2, 0.25) is 15.9 Å². The first-order chi connectivity index (χ1) is 24.5. The summed E-state index contributed by atoms with van der Waals surface area (Å²) < 4.78 is 35.0. The average Bonchev–Trinajstić information content (AvgIpc) is 3.88. The van der Waals surface area contributed by atoms with E-state index >= 15 is 0 Å². The smallest absolute Gasteiger partial charge is 0.407 e. The maximum absolute atomic E-state index is 14.2. The number of fused-ring (bicyclic) bond motifs is 1. The fraction of sp³-hybridized carbons (Fsp3) is 0.500. The summed E-state index contributed by atoms with van der Waals surface area (Å²) in [6.07, 6.45) is 7.39. The first kappa shape index (κ1) is 38.5. The van der Waals surface area contributed by atoms with E-state index in [2.05, 4.69) is 25.5 Å². The maximum Gasteiger partial charge on any atom is 0.407 e. The molecule has 51 heavy (non-hydrogen) atoms. The number of hydrogen-bond acceptors (Lipinski definition) is 11. The summed E-state index contributed by atoms with van der Waals surface area (Å²) in [7, 11) is -2.14. The minimum absolute atomic E-state index is 0.0300. The van der Waals surface area contributed by atoms with Crippen molar-refractivity contribution in [3.05, 3.63) is 87.0 Å². The number of benzene rings is 1. The molecule has 15 heteroatoms. The Morgan fingerprint density at radius 3 is 2.59 bits per heavy atom. The molecule has 2 aromatic rings. The van der Waals surface area contributed by atoms with E-state index in [9.17, 15) is 23.1 Å². The number of hydrogen-bond donors (Lipinski definition) is 3. The largest absolute Gasteiger partial charge is 0.444 e. The van der Waals surface area contributed by atoms with Crippen molar-refractivity contribution in [1.29, 1.82) is 0 Å². The van der Waals surface area contributed by atoms with Gasteiger partial charge in [-0.3, -0.25) is 14.7 Å². The van der Waals surface area contributed by atoms with Gasteiger partial charge < -0.3 is 25.4 Å². The predicted molar refractivity (Wildman–Crippen MR) is 198 cm³/mol. The molecular weight excluding hydrogens is 691 g/mol. The van der Waals surface area contributed by atoms with Crippen LogP contribution in [0.5, 0.6) is 0 Å². The SMILES string of the molecule is CC(C)CN(CC(O)C(Cc1ccccc1)NC(=O)OCc1cncs1)S(=O)(=O)C1=CC=C2C=C(NC(=O)CN(C)CCN3CCCC3)N=C2C1. The van der Waals surface area contributed by atoms with Crippen LogP contribution in [0.3, 0.4) is 0 Å². The number of carbonyl (C=O) groups excluding carboxylic acids is 2. The maximum atomic E-state index is 14.2. The second-order valence-electron chi connectivity index (χ2n) is 13.6. The lowest BCUT2D eigenvalue weighted by Crippen LogP contribution is -2.51. The van der Waals surface area contributed by atoms with Crippen molar-refractivity contribution in [2.75, 3.05) is 52.9 Å². The standard InChI is InChI=1S/C36H49N7O6S2/c1-26(2)21-43(22-33(44)32(17-27-9-5-4-6-10-27)39-36(46)49-24-29-20-37-25-50-29)51(47,48)30-12-11-28-18-34(38-31(28)19-30)40-35(45)23-41(3)15-16-42-13-7-8-14-42/h4-6,9-12,18,20,25-26,32-33,44H,7-8,13-17,19,21-24H2,1-3H3,(H,39,46)(H,40,45). The molecule has 3 heterocycles. The zero-order valence-electron chi connectivity index (χ0n) is 29.5. The molecule has 2 aliphatic heterocycles. The molecule has 0 spiro atoms. The summed E-state index contributed by atoms with van der Waals surface area (Å²) in [5.74, 6) is 0.151. The zero-order valence-corrected chi connectivity index (χ0v) is 31.2. The van der Waals surface area contributed by atoms with E-state index in [1.54, 1.807) is 29.9 Å². The number of aliphatic hydroxyl groups is 1. The summed E-state index contributed by atoms with van der Waals surface area (Å²) in [5.41, 5.74) is 3.79. The van der Waals surface area contributed by atoms with Gasteiger partial charge in [0.25, 0.3) is 0 Å². The first-order valence-corrected chi connectivity index (χ1v) is 19.7. The summed E-state index contributed by atoms with van der Waals surface area (Å²) in [5, 5.41) is 17.2. The zero-order chi connectivity index (χ0) is 36.4. The van der Waals surface area contributed by atoms with Gasteiger partial charge in [0.1, 0.15) is 12.4 Å². The van der Waals surface area contributed by atoms with Crippen LogP contribution in [0.2, 0.25) is 0 Å². The Labute approximate surface area is 304 Å². The molecule has 3 N–H and O–H groups in total. The third-order valence-electron chi connectivity index (χ3n) is 8.87. The van der Waals surface area contributed by atoms with Crippen LogP contribution in [0.4, 0.5) is 4.79 Å². The topological polar surface area (TPSA) is 157 Å². The van der Waals surface area contributed by atoms with Crippen LogP contribution in [0, 0.1) is 5.92 Å². The molecule has 276 valence electrons. The highest BCUT2D eigenvalue weighted by atomic mass is 32.2. The molecule has 1 aliphatic carbocycles. The molecule has 13 nitrogen and oxygen atoms in total. The summed E-state index contributed by atoms with van der Waals surface area (Å²) in [6.45, 7) is 7.91. The number of carbonyl (C=O) groups is 2. The van der Waals surface area contributed by atoms with E-state index in [1.165, 1.54) is 28.5 Å². The normalized spacial score (nSPS) is 17.5. The number of amides is 2. The van der Waals surface area contributed by atoms with Gasteiger partial charge in [-0.25, -0.2) is 18.2 Å². The van der Waals surface area contributed by atoms with Gasteiger partial charge in [0, 0.05) is 44.4 Å². The molecule has 1 fully saturated rings. The number of aromatic nitrogens is 1. The Morgan fingerprint density at radius 1 is 1.12 bits per heavy atom. The highest BCUT2D eigenvalue weighted by Crippen LogP contribution is 2.29. The molecule has 0 saturated carbocycles. The third-order valence-corrected chi connectivity index (χ3v) is 11.5. The van der Waals surface area contributed by atoms with Crippen LogP contribution in [0.1, 0.15) is 43.6 Å². The van der Waals surface area contributed by atoms with Crippen molar-refractivity contribution in [3.63, 3.8) is 0 Å². The molecule has 2 amide bonds. The van der Waals surface area contributed by atoms with Gasteiger partial charge in [-0.1, -0.05) is 50.3 Å². The van der Waals surface area contributed by atoms with Gasteiger partial charge in [-0.15, -0.1) is 11.3 Å². The Hall–Kier alpha value is -3.73. The first-order valence-electron chi connectivity index (χ1n) is 17.4. The van der Waals surface area contributed by atoms with Gasteiger partial charge >= 0.3 is 6.09 Å². The monoisotopic (exact) mass is 739 g/mol. The van der Waals surface area contributed by atoms with E-state index < -0.39 is 28.3 Å². The minimum Gasteiger partial charge on any atom is -0.444 e. The highest BCUT2D eigenvalue weighted by molar-refractivity contribution is 7.93. The fourth-order valence-corrected chi connectivity index (χ4v) is 8.45. The Kier molecular flexibility index (Phi) is 13.7. The number of likely N-dealkylation sites (N-methyl/N-ethyl adjacent to an activating group) is 1. The second-order valence-corrected chi connectivity index (χ2v) is 16.6. The van der Waals surface area contributed by atoms with E-state index in [-0.39, 0.29) is 55.8 Å². The number of rotatable bonds is 18. The summed E-state index contributed by atoms with van der Waals surface area (Å²) in [6, 6.07) is 8.51. The third kappa shape index (κ3) is 11.4. The average molecular weight is 740 g/mol. The van der Waals surface area contributed by atoms with E-state index in [1.807, 2.05) is 56.1 Å². The van der Waals surface area contributed by atoms with E-state index in [0.29, 0.717) is 11.5 Å². The number of aliphatic imine (C=N–C) groups is 1. The quantitative estimate of drug-likeness (QED) is 0.209. The molecule has 2 atom stereocenters. The van der Waals surface area contributed by atoms with Crippen molar-refractivity contribution in [1.82, 2.24) is 29.7 Å². The van der Waals surface area contributed by atoms with Crippen LogP contribution in [-0.4, -0.2) is 115 Å². The molecule has 1 aromatic carbocycles. The van der Waals surface area contributed by atoms with Crippen LogP contribution in [0.25, 0.3) is 0 Å². The van der Waals surface area contributed by atoms with Crippen molar-refractivity contribution in [3.8, 4) is 0 Å². The Balaban J connectivity index is 1.22. The second kappa shape index (κ2) is 18.2. The van der Waals surface area contributed by atoms with Crippen LogP contribution >= 0.6 is 11.3 Å². The number of allylic oxidation sites excluding steroid dienone is 5. The number of ether oxygens (including phenoxy) is 1. The lowest BCUT2D eigenvalue weighted by Gasteiger charge is -2.31. The van der Waals surface area contributed by atoms with Gasteiger partial charge in [0.15, 0.2) is 0 Å². The number of nitrogens with zero attached hydrogens (tertiary/aromatic N) is 5. The van der Waals surface area contributed by atoms with Crippen molar-refractivity contribution in [2.24, 2.45) is 10.9 Å². The predicted octanol–water partition coefficient (Wildman–Crippen LogP) is 3.28. The fourth-order valence-electron chi connectivity index (χ4n) is 6.21. The Morgan fingerprint density at radius 2 is 1.88 bits per heavy atom.